The summed E-state index contributed by atoms with van der Waals surface area (Å²) in [5.74, 6) is -0.0311. The highest BCUT2D eigenvalue weighted by Crippen LogP contribution is 2.40. The molecule has 1 saturated carbocycles. The molecule has 0 unspecified atom stereocenters. The van der Waals surface area contributed by atoms with Crippen LogP contribution >= 0.6 is 11.6 Å². The molecule has 1 fully saturated rings. The van der Waals surface area contributed by atoms with Crippen molar-refractivity contribution in [1.29, 1.82) is 0 Å². The number of rotatable bonds is 6. The number of carbonyl (C=O) groups is 1. The Hall–Kier alpha value is -1.09. The average molecular weight is 309 g/mol. The third-order valence-corrected chi connectivity index (χ3v) is 4.85. The van der Waals surface area contributed by atoms with Crippen LogP contribution in [-0.2, 0) is 6.42 Å². The Bertz CT molecular complexity index is 496. The van der Waals surface area contributed by atoms with Crippen LogP contribution in [0, 0.1) is 5.41 Å². The van der Waals surface area contributed by atoms with E-state index < -0.39 is 0 Å². The molecule has 2 rings (SSSR count). The van der Waals surface area contributed by atoms with Crippen molar-refractivity contribution >= 4 is 17.5 Å². The number of carbonyl (C=O) groups excluding carboxylic acids is 1. The molecule has 1 N–H and O–H groups in total. The minimum Gasteiger partial charge on any atom is -0.351 e. The third-order valence-electron chi connectivity index (χ3n) is 4.65. The second kappa shape index (κ2) is 7.26. The van der Waals surface area contributed by atoms with Crippen LogP contribution in [0.1, 0.15) is 68.4 Å². The van der Waals surface area contributed by atoms with Crippen LogP contribution in [0.15, 0.2) is 12.1 Å². The lowest BCUT2D eigenvalue weighted by molar-refractivity contribution is 0.0928. The van der Waals surface area contributed by atoms with Crippen molar-refractivity contribution in [1.82, 2.24) is 10.3 Å². The summed E-state index contributed by atoms with van der Waals surface area (Å²) in [6.45, 7) is 5.08. The Kier molecular flexibility index (Phi) is 5.63. The molecular formula is C17H25ClN2O. The largest absolute Gasteiger partial charge is 0.351 e. The topological polar surface area (TPSA) is 42.0 Å². The summed E-state index contributed by atoms with van der Waals surface area (Å²) >= 11 is 6.02. The Balaban J connectivity index is 2.02. The minimum absolute atomic E-state index is 0.0311. The van der Waals surface area contributed by atoms with Crippen LogP contribution in [0.25, 0.3) is 0 Å². The summed E-state index contributed by atoms with van der Waals surface area (Å²) in [6, 6.07) is 3.52. The van der Waals surface area contributed by atoms with Crippen LogP contribution in [0.2, 0.25) is 5.15 Å². The Morgan fingerprint density at radius 3 is 2.67 bits per heavy atom. The second-order valence-corrected chi connectivity index (χ2v) is 6.55. The van der Waals surface area contributed by atoms with Crippen LogP contribution in [0.4, 0.5) is 0 Å². The summed E-state index contributed by atoms with van der Waals surface area (Å²) in [7, 11) is 0. The summed E-state index contributed by atoms with van der Waals surface area (Å²) in [6.07, 6.45) is 7.99. The number of halogens is 1. The summed E-state index contributed by atoms with van der Waals surface area (Å²) in [4.78, 5) is 16.6. The molecule has 0 aliphatic heterocycles. The number of hydrogen-bond acceptors (Lipinski definition) is 2. The van der Waals surface area contributed by atoms with Crippen molar-refractivity contribution in [3.05, 3.63) is 28.5 Å². The van der Waals surface area contributed by atoms with E-state index in [1.54, 1.807) is 6.07 Å². The van der Waals surface area contributed by atoms with Gasteiger partial charge in [-0.2, -0.15) is 0 Å². The zero-order valence-corrected chi connectivity index (χ0v) is 13.8. The standard InChI is InChI=1S/C17H25ClN2O/c1-3-7-14-10-13(11-15(18)20-14)16(21)19-12-17(4-2)8-5-6-9-17/h10-11H,3-9,12H2,1-2H3,(H,19,21). The van der Waals surface area contributed by atoms with E-state index in [0.717, 1.165) is 31.5 Å². The van der Waals surface area contributed by atoms with E-state index in [1.807, 2.05) is 6.07 Å². The maximum Gasteiger partial charge on any atom is 0.251 e. The number of amides is 1. The fourth-order valence-electron chi connectivity index (χ4n) is 3.22. The zero-order valence-electron chi connectivity index (χ0n) is 13.0. The van der Waals surface area contributed by atoms with E-state index in [1.165, 1.54) is 25.7 Å². The first-order chi connectivity index (χ1) is 10.1. The van der Waals surface area contributed by atoms with Gasteiger partial charge in [0, 0.05) is 17.8 Å². The van der Waals surface area contributed by atoms with Crippen molar-refractivity contribution in [3.63, 3.8) is 0 Å². The number of hydrogen-bond donors (Lipinski definition) is 1. The number of nitrogens with one attached hydrogen (secondary N) is 1. The van der Waals surface area contributed by atoms with Gasteiger partial charge in [0.05, 0.1) is 0 Å². The van der Waals surface area contributed by atoms with Gasteiger partial charge in [-0.1, -0.05) is 44.7 Å². The van der Waals surface area contributed by atoms with Gasteiger partial charge in [-0.3, -0.25) is 4.79 Å². The lowest BCUT2D eigenvalue weighted by Gasteiger charge is -2.27. The number of pyridine rings is 1. The smallest absolute Gasteiger partial charge is 0.251 e. The van der Waals surface area contributed by atoms with E-state index >= 15 is 0 Å². The minimum atomic E-state index is -0.0311. The van der Waals surface area contributed by atoms with E-state index in [-0.39, 0.29) is 5.91 Å². The normalized spacial score (nSPS) is 16.9. The highest BCUT2D eigenvalue weighted by atomic mass is 35.5. The van der Waals surface area contributed by atoms with E-state index in [9.17, 15) is 4.79 Å². The molecular weight excluding hydrogens is 284 g/mol. The first-order valence-corrected chi connectivity index (χ1v) is 8.41. The highest BCUT2D eigenvalue weighted by Gasteiger charge is 2.32. The molecule has 0 radical (unpaired) electrons. The number of aryl methyl sites for hydroxylation is 1. The molecule has 0 aromatic carbocycles. The van der Waals surface area contributed by atoms with Crippen LogP contribution in [-0.4, -0.2) is 17.4 Å². The lowest BCUT2D eigenvalue weighted by atomic mass is 9.83. The van der Waals surface area contributed by atoms with E-state index in [2.05, 4.69) is 24.1 Å². The molecule has 1 amide bonds. The quantitative estimate of drug-likeness (QED) is 0.792. The lowest BCUT2D eigenvalue weighted by Crippen LogP contribution is -2.35. The molecule has 0 saturated heterocycles. The molecule has 1 aromatic heterocycles. The van der Waals surface area contributed by atoms with Gasteiger partial charge in [0.2, 0.25) is 0 Å². The molecule has 1 heterocycles. The maximum atomic E-state index is 12.4. The molecule has 116 valence electrons. The molecule has 4 heteroatoms. The van der Waals surface area contributed by atoms with Gasteiger partial charge in [0.25, 0.3) is 5.91 Å². The van der Waals surface area contributed by atoms with Crippen molar-refractivity contribution in [2.75, 3.05) is 6.54 Å². The summed E-state index contributed by atoms with van der Waals surface area (Å²) in [5.41, 5.74) is 1.82. The van der Waals surface area contributed by atoms with Crippen LogP contribution in [0.5, 0.6) is 0 Å². The van der Waals surface area contributed by atoms with Gasteiger partial charge in [0.15, 0.2) is 0 Å². The fraction of sp³-hybridized carbons (Fsp3) is 0.647. The van der Waals surface area contributed by atoms with Gasteiger partial charge in [0.1, 0.15) is 5.15 Å². The monoisotopic (exact) mass is 308 g/mol. The number of nitrogens with zero attached hydrogens (tertiary/aromatic N) is 1. The van der Waals surface area contributed by atoms with Gasteiger partial charge in [-0.15, -0.1) is 0 Å². The molecule has 1 aromatic rings. The summed E-state index contributed by atoms with van der Waals surface area (Å²) < 4.78 is 0. The first-order valence-electron chi connectivity index (χ1n) is 8.03. The van der Waals surface area contributed by atoms with Crippen LogP contribution in [0.3, 0.4) is 0 Å². The molecule has 0 spiro atoms. The predicted molar refractivity (Wildman–Crippen MR) is 86.8 cm³/mol. The van der Waals surface area contributed by atoms with E-state index in [4.69, 9.17) is 11.6 Å². The first kappa shape index (κ1) is 16.3. The van der Waals surface area contributed by atoms with Crippen molar-refractivity contribution in [2.45, 2.75) is 58.8 Å². The van der Waals surface area contributed by atoms with Crippen molar-refractivity contribution in [2.24, 2.45) is 5.41 Å². The fourth-order valence-corrected chi connectivity index (χ4v) is 3.44. The molecule has 0 atom stereocenters. The third kappa shape index (κ3) is 4.19. The molecule has 3 nitrogen and oxygen atoms in total. The SMILES string of the molecule is CCCc1cc(C(=O)NCC2(CC)CCCC2)cc(Cl)n1. The zero-order chi connectivity index (χ0) is 15.3. The van der Waals surface area contributed by atoms with Crippen LogP contribution < -0.4 is 5.32 Å². The predicted octanol–water partition coefficient (Wildman–Crippen LogP) is 4.39. The van der Waals surface area contributed by atoms with Crippen molar-refractivity contribution in [3.8, 4) is 0 Å². The van der Waals surface area contributed by atoms with Gasteiger partial charge < -0.3 is 5.32 Å². The van der Waals surface area contributed by atoms with Crippen molar-refractivity contribution < 1.29 is 4.79 Å². The Morgan fingerprint density at radius 2 is 2.05 bits per heavy atom. The molecule has 1 aliphatic rings. The maximum absolute atomic E-state index is 12.4. The van der Waals surface area contributed by atoms with Gasteiger partial charge in [-0.05, 0) is 43.2 Å². The van der Waals surface area contributed by atoms with Gasteiger partial charge in [-0.25, -0.2) is 4.98 Å². The molecule has 1 aliphatic carbocycles. The Morgan fingerprint density at radius 1 is 1.33 bits per heavy atom. The Labute approximate surface area is 132 Å². The molecule has 0 bridgehead atoms. The van der Waals surface area contributed by atoms with E-state index in [0.29, 0.717) is 16.1 Å². The van der Waals surface area contributed by atoms with Gasteiger partial charge >= 0.3 is 0 Å². The molecule has 21 heavy (non-hydrogen) atoms. The highest BCUT2D eigenvalue weighted by molar-refractivity contribution is 6.29. The summed E-state index contributed by atoms with van der Waals surface area (Å²) in [5, 5.41) is 3.50. The number of aromatic nitrogens is 1. The average Bonchev–Trinajstić information content (AvgIpc) is 2.94. The second-order valence-electron chi connectivity index (χ2n) is 6.16.